The van der Waals surface area contributed by atoms with Crippen LogP contribution in [0.25, 0.3) is 11.6 Å². The molecule has 0 unspecified atom stereocenters. The largest absolute Gasteiger partial charge is 0.458 e. The van der Waals surface area contributed by atoms with Gasteiger partial charge < -0.3 is 19.4 Å². The maximum Gasteiger partial charge on any atom is 0.247 e. The summed E-state index contributed by atoms with van der Waals surface area (Å²) in [5, 5.41) is 15.4. The molecule has 0 bridgehead atoms. The third-order valence-corrected chi connectivity index (χ3v) is 5.85. The quantitative estimate of drug-likeness (QED) is 0.454. The Kier molecular flexibility index (Phi) is 8.29. The van der Waals surface area contributed by atoms with E-state index in [-0.39, 0.29) is 24.2 Å². The molecule has 1 atom stereocenters. The van der Waals surface area contributed by atoms with Crippen molar-refractivity contribution in [2.75, 3.05) is 39.4 Å². The number of aryl methyl sites for hydroxylation is 1. The van der Waals surface area contributed by atoms with Crippen LogP contribution in [0.4, 0.5) is 0 Å². The Hall–Kier alpha value is -3.64. The van der Waals surface area contributed by atoms with Crippen LogP contribution in [0.5, 0.6) is 0 Å². The molecule has 0 radical (unpaired) electrons. The van der Waals surface area contributed by atoms with Crippen molar-refractivity contribution in [2.45, 2.75) is 45.8 Å². The number of hydrogen-bond acceptors (Lipinski definition) is 9. The van der Waals surface area contributed by atoms with Crippen molar-refractivity contribution >= 4 is 11.8 Å². The number of nitrogens with zero attached hydrogens (tertiary/aromatic N) is 7. The second-order valence-electron chi connectivity index (χ2n) is 10.0. The predicted molar refractivity (Wildman–Crippen MR) is 134 cm³/mol. The van der Waals surface area contributed by atoms with Gasteiger partial charge in [0.15, 0.2) is 5.76 Å². The maximum atomic E-state index is 13.8. The lowest BCUT2D eigenvalue weighted by Crippen LogP contribution is -2.52. The fourth-order valence-electron chi connectivity index (χ4n) is 4.10. The molecule has 1 aliphatic heterocycles. The minimum atomic E-state index is -0.855. The zero-order valence-corrected chi connectivity index (χ0v) is 21.8. The summed E-state index contributed by atoms with van der Waals surface area (Å²) in [6, 6.07) is 6.22. The molecule has 0 saturated carbocycles. The number of hydrogen-bond donors (Lipinski definition) is 1. The van der Waals surface area contributed by atoms with Crippen molar-refractivity contribution < 1.29 is 18.7 Å². The van der Waals surface area contributed by atoms with E-state index in [0.29, 0.717) is 37.6 Å². The van der Waals surface area contributed by atoms with E-state index in [4.69, 9.17) is 9.15 Å². The number of morpholine rings is 1. The number of nitrogens with one attached hydrogen (secondary N) is 1. The second kappa shape index (κ2) is 11.6. The van der Waals surface area contributed by atoms with Gasteiger partial charge in [0.25, 0.3) is 0 Å². The summed E-state index contributed by atoms with van der Waals surface area (Å²) in [4.78, 5) is 36.5. The van der Waals surface area contributed by atoms with Gasteiger partial charge in [0.1, 0.15) is 18.3 Å². The van der Waals surface area contributed by atoms with Gasteiger partial charge in [-0.3, -0.25) is 19.5 Å². The Morgan fingerprint density at radius 3 is 2.51 bits per heavy atom. The van der Waals surface area contributed by atoms with Crippen LogP contribution in [0.3, 0.4) is 0 Å². The number of furan rings is 1. The van der Waals surface area contributed by atoms with E-state index in [1.165, 1.54) is 4.80 Å². The van der Waals surface area contributed by atoms with Crippen molar-refractivity contribution in [1.82, 2.24) is 40.3 Å². The third kappa shape index (κ3) is 7.20. The fourth-order valence-corrected chi connectivity index (χ4v) is 4.10. The standard InChI is InChI=1S/C25H34N8O4/c1-18-5-6-20(37-18)23-28-30-33(29-23)17-21(34)32(12-11-31-13-15-36-16-14-31)22(19-7-9-26-10-8-19)24(35)27-25(2,3)4/h5-10,22H,11-17H2,1-4H3,(H,27,35)/t22-/m0/s1. The van der Waals surface area contributed by atoms with E-state index >= 15 is 0 Å². The van der Waals surface area contributed by atoms with Crippen LogP contribution in [-0.4, -0.2) is 91.7 Å². The Balaban J connectivity index is 1.60. The first-order chi connectivity index (χ1) is 17.7. The number of carbonyl (C=O) groups is 2. The van der Waals surface area contributed by atoms with E-state index < -0.39 is 11.6 Å². The summed E-state index contributed by atoms with van der Waals surface area (Å²) in [6.45, 7) is 11.1. The van der Waals surface area contributed by atoms with Crippen LogP contribution in [0.2, 0.25) is 0 Å². The molecule has 0 spiro atoms. The lowest BCUT2D eigenvalue weighted by atomic mass is 10.0. The Labute approximate surface area is 216 Å². The summed E-state index contributed by atoms with van der Waals surface area (Å²) in [7, 11) is 0. The van der Waals surface area contributed by atoms with Gasteiger partial charge in [-0.2, -0.15) is 4.80 Å². The molecule has 12 nitrogen and oxygen atoms in total. The predicted octanol–water partition coefficient (Wildman–Crippen LogP) is 1.45. The summed E-state index contributed by atoms with van der Waals surface area (Å²) >= 11 is 0. The van der Waals surface area contributed by atoms with Crippen molar-refractivity contribution in [1.29, 1.82) is 0 Å². The van der Waals surface area contributed by atoms with Crippen molar-refractivity contribution in [3.8, 4) is 11.6 Å². The van der Waals surface area contributed by atoms with Gasteiger partial charge >= 0.3 is 0 Å². The van der Waals surface area contributed by atoms with Crippen LogP contribution < -0.4 is 5.32 Å². The van der Waals surface area contributed by atoms with Crippen molar-refractivity contribution in [2.24, 2.45) is 0 Å². The number of carbonyl (C=O) groups excluding carboxylic acids is 2. The first-order valence-corrected chi connectivity index (χ1v) is 12.4. The van der Waals surface area contributed by atoms with Gasteiger partial charge in [-0.25, -0.2) is 0 Å². The first kappa shape index (κ1) is 26.4. The maximum absolute atomic E-state index is 13.8. The molecule has 198 valence electrons. The molecule has 0 aromatic carbocycles. The summed E-state index contributed by atoms with van der Waals surface area (Å²) < 4.78 is 11.0. The van der Waals surface area contributed by atoms with Gasteiger partial charge in [-0.05, 0) is 62.7 Å². The molecule has 37 heavy (non-hydrogen) atoms. The van der Waals surface area contributed by atoms with Crippen LogP contribution >= 0.6 is 0 Å². The van der Waals surface area contributed by atoms with E-state index in [9.17, 15) is 9.59 Å². The molecule has 3 aromatic rings. The SMILES string of the molecule is Cc1ccc(-c2nnn(CC(=O)N(CCN3CCOCC3)[C@H](C(=O)NC(C)(C)C)c3ccncc3)n2)o1. The highest BCUT2D eigenvalue weighted by molar-refractivity contribution is 5.89. The number of amides is 2. The lowest BCUT2D eigenvalue weighted by Gasteiger charge is -2.35. The molecule has 1 fully saturated rings. The molecule has 4 heterocycles. The zero-order chi connectivity index (χ0) is 26.4. The fraction of sp³-hybridized carbons (Fsp3) is 0.520. The highest BCUT2D eigenvalue weighted by Crippen LogP contribution is 2.23. The molecule has 4 rings (SSSR count). The summed E-state index contributed by atoms with van der Waals surface area (Å²) in [5.41, 5.74) is 0.190. The van der Waals surface area contributed by atoms with Gasteiger partial charge in [-0.15, -0.1) is 10.2 Å². The van der Waals surface area contributed by atoms with E-state index in [1.807, 2.05) is 33.8 Å². The van der Waals surface area contributed by atoms with E-state index in [0.717, 1.165) is 18.8 Å². The topological polar surface area (TPSA) is 132 Å². The second-order valence-corrected chi connectivity index (χ2v) is 10.0. The van der Waals surface area contributed by atoms with Crippen LogP contribution in [-0.2, 0) is 20.9 Å². The molecule has 1 aliphatic rings. The molecule has 0 aliphatic carbocycles. The van der Waals surface area contributed by atoms with Crippen LogP contribution in [0, 0.1) is 6.92 Å². The van der Waals surface area contributed by atoms with Gasteiger partial charge in [0.2, 0.25) is 17.6 Å². The molecular weight excluding hydrogens is 476 g/mol. The number of tetrazole rings is 1. The molecule has 1 N–H and O–H groups in total. The van der Waals surface area contributed by atoms with Gasteiger partial charge in [-0.1, -0.05) is 0 Å². The average molecular weight is 511 g/mol. The highest BCUT2D eigenvalue weighted by atomic mass is 16.5. The summed E-state index contributed by atoms with van der Waals surface area (Å²) in [5.74, 6) is 0.907. The highest BCUT2D eigenvalue weighted by Gasteiger charge is 2.34. The minimum Gasteiger partial charge on any atom is -0.458 e. The Morgan fingerprint density at radius 2 is 1.86 bits per heavy atom. The first-order valence-electron chi connectivity index (χ1n) is 12.4. The Bertz CT molecular complexity index is 1180. The molecular formula is C25H34N8O4. The van der Waals surface area contributed by atoms with Gasteiger partial charge in [0.05, 0.1) is 13.2 Å². The zero-order valence-electron chi connectivity index (χ0n) is 21.8. The molecule has 12 heteroatoms. The number of rotatable bonds is 9. The van der Waals surface area contributed by atoms with Gasteiger partial charge in [0, 0.05) is 44.1 Å². The van der Waals surface area contributed by atoms with Crippen molar-refractivity contribution in [3.63, 3.8) is 0 Å². The van der Waals surface area contributed by atoms with Crippen LogP contribution in [0.1, 0.15) is 38.1 Å². The smallest absolute Gasteiger partial charge is 0.247 e. The molecule has 2 amide bonds. The lowest BCUT2D eigenvalue weighted by molar-refractivity contribution is -0.142. The van der Waals surface area contributed by atoms with Crippen LogP contribution in [0.15, 0.2) is 41.1 Å². The van der Waals surface area contributed by atoms with E-state index in [2.05, 4.69) is 30.6 Å². The normalized spacial score (nSPS) is 15.4. The molecule has 3 aromatic heterocycles. The molecule has 1 saturated heterocycles. The summed E-state index contributed by atoms with van der Waals surface area (Å²) in [6.07, 6.45) is 3.24. The third-order valence-electron chi connectivity index (χ3n) is 5.85. The Morgan fingerprint density at radius 1 is 1.14 bits per heavy atom. The minimum absolute atomic E-state index is 0.180. The van der Waals surface area contributed by atoms with Crippen molar-refractivity contribution in [3.05, 3.63) is 48.0 Å². The monoisotopic (exact) mass is 510 g/mol. The average Bonchev–Trinajstić information content (AvgIpc) is 3.50. The number of ether oxygens (including phenoxy) is 1. The number of pyridine rings is 1. The number of aromatic nitrogens is 5. The van der Waals surface area contributed by atoms with E-state index in [1.54, 1.807) is 35.5 Å².